The van der Waals surface area contributed by atoms with Gasteiger partial charge in [-0.25, -0.2) is 4.39 Å². The van der Waals surface area contributed by atoms with Crippen LogP contribution in [-0.4, -0.2) is 18.5 Å². The number of halogens is 2. The molecule has 0 saturated carbocycles. The summed E-state index contributed by atoms with van der Waals surface area (Å²) in [5, 5.41) is 6.49. The Labute approximate surface area is 111 Å². The largest absolute Gasteiger partial charge is 0.355 e. The van der Waals surface area contributed by atoms with Crippen LogP contribution in [-0.2, 0) is 11.3 Å². The van der Waals surface area contributed by atoms with Gasteiger partial charge in [0.25, 0.3) is 0 Å². The Balaban J connectivity index is 1.97. The van der Waals surface area contributed by atoms with Gasteiger partial charge in [-0.3, -0.25) is 4.79 Å². The quantitative estimate of drug-likeness (QED) is 0.884. The minimum absolute atomic E-state index is 0.0139. The van der Waals surface area contributed by atoms with Crippen LogP contribution in [0.5, 0.6) is 0 Å². The fraction of sp³-hybridized carbons (Fsp3) is 0.462. The van der Waals surface area contributed by atoms with E-state index in [1.165, 1.54) is 18.2 Å². The molecular weight excluding hydrogens is 255 g/mol. The maximum absolute atomic E-state index is 13.1. The lowest BCUT2D eigenvalue weighted by molar-refractivity contribution is -0.122. The second-order valence-electron chi connectivity index (χ2n) is 4.46. The highest BCUT2D eigenvalue weighted by Gasteiger charge is 2.19. The zero-order chi connectivity index (χ0) is 13.0. The van der Waals surface area contributed by atoms with Crippen LogP contribution in [0.15, 0.2) is 18.2 Å². The summed E-state index contributed by atoms with van der Waals surface area (Å²) in [6, 6.07) is 4.03. The molecule has 98 valence electrons. The van der Waals surface area contributed by atoms with Crippen LogP contribution in [0.1, 0.15) is 24.8 Å². The zero-order valence-corrected chi connectivity index (χ0v) is 10.8. The fourth-order valence-electron chi connectivity index (χ4n) is 2.05. The van der Waals surface area contributed by atoms with E-state index in [9.17, 15) is 9.18 Å². The number of hydrogen-bond acceptors (Lipinski definition) is 2. The molecule has 1 aromatic rings. The molecule has 5 heteroatoms. The zero-order valence-electron chi connectivity index (χ0n) is 10.0. The third kappa shape index (κ3) is 3.43. The van der Waals surface area contributed by atoms with E-state index in [0.29, 0.717) is 17.1 Å². The molecule has 0 radical (unpaired) electrons. The number of nitrogens with one attached hydrogen (secondary N) is 2. The second kappa shape index (κ2) is 6.16. The maximum atomic E-state index is 13.1. The van der Waals surface area contributed by atoms with Gasteiger partial charge in [0.05, 0.1) is 6.04 Å². The molecule has 1 heterocycles. The summed E-state index contributed by atoms with van der Waals surface area (Å²) in [6.45, 7) is 1.13. The third-order valence-electron chi connectivity index (χ3n) is 3.08. The van der Waals surface area contributed by atoms with Crippen molar-refractivity contribution in [1.82, 2.24) is 10.6 Å². The van der Waals surface area contributed by atoms with Crippen LogP contribution in [0.3, 0.4) is 0 Å². The fourth-order valence-corrected chi connectivity index (χ4v) is 2.23. The van der Waals surface area contributed by atoms with Gasteiger partial charge in [-0.15, -0.1) is 0 Å². The molecule has 2 rings (SSSR count). The minimum Gasteiger partial charge on any atom is -0.355 e. The average molecular weight is 271 g/mol. The van der Waals surface area contributed by atoms with Gasteiger partial charge in [0.2, 0.25) is 5.91 Å². The third-order valence-corrected chi connectivity index (χ3v) is 3.45. The summed E-state index contributed by atoms with van der Waals surface area (Å²) < 4.78 is 13.1. The van der Waals surface area contributed by atoms with Crippen LogP contribution in [0.4, 0.5) is 4.39 Å². The highest BCUT2D eigenvalue weighted by atomic mass is 35.5. The number of rotatable bonds is 3. The number of carbonyl (C=O) groups excluding carboxylic acids is 1. The van der Waals surface area contributed by atoms with Crippen molar-refractivity contribution >= 4 is 17.5 Å². The van der Waals surface area contributed by atoms with Gasteiger partial charge in [-0.1, -0.05) is 11.6 Å². The molecule has 0 bridgehead atoms. The van der Waals surface area contributed by atoms with Crippen LogP contribution < -0.4 is 10.6 Å². The predicted molar refractivity (Wildman–Crippen MR) is 68.9 cm³/mol. The summed E-state index contributed by atoms with van der Waals surface area (Å²) in [5.74, 6) is -0.304. The highest BCUT2D eigenvalue weighted by molar-refractivity contribution is 6.31. The Morgan fingerprint density at radius 2 is 2.28 bits per heavy atom. The number of carbonyl (C=O) groups is 1. The van der Waals surface area contributed by atoms with Crippen molar-refractivity contribution in [2.75, 3.05) is 6.54 Å². The van der Waals surface area contributed by atoms with Crippen molar-refractivity contribution in [3.63, 3.8) is 0 Å². The summed E-state index contributed by atoms with van der Waals surface area (Å²) in [4.78, 5) is 11.7. The first-order chi connectivity index (χ1) is 8.66. The molecule has 1 saturated heterocycles. The standard InChI is InChI=1S/C13H16ClFN2O/c14-11-5-4-10(15)7-9(11)8-17-12-3-1-2-6-16-13(12)18/h4-5,7,12,17H,1-3,6,8H2,(H,16,18). The molecule has 1 atom stereocenters. The van der Waals surface area contributed by atoms with Gasteiger partial charge < -0.3 is 10.6 Å². The molecule has 1 fully saturated rings. The first-order valence-electron chi connectivity index (χ1n) is 6.12. The van der Waals surface area contributed by atoms with E-state index >= 15 is 0 Å². The van der Waals surface area contributed by atoms with Gasteiger partial charge in [0.1, 0.15) is 5.82 Å². The highest BCUT2D eigenvalue weighted by Crippen LogP contribution is 2.17. The lowest BCUT2D eigenvalue weighted by Gasteiger charge is -2.15. The van der Waals surface area contributed by atoms with E-state index in [2.05, 4.69) is 10.6 Å². The van der Waals surface area contributed by atoms with Crippen molar-refractivity contribution in [2.24, 2.45) is 0 Å². The molecule has 1 aromatic carbocycles. The lowest BCUT2D eigenvalue weighted by Crippen LogP contribution is -2.42. The number of amides is 1. The van der Waals surface area contributed by atoms with Gasteiger partial charge in [-0.2, -0.15) is 0 Å². The molecule has 1 unspecified atom stereocenters. The van der Waals surface area contributed by atoms with Gasteiger partial charge in [-0.05, 0) is 43.0 Å². The summed E-state index contributed by atoms with van der Waals surface area (Å²) in [5.41, 5.74) is 0.675. The van der Waals surface area contributed by atoms with E-state index < -0.39 is 0 Å². The van der Waals surface area contributed by atoms with Crippen molar-refractivity contribution in [2.45, 2.75) is 31.8 Å². The van der Waals surface area contributed by atoms with Crippen LogP contribution in [0, 0.1) is 5.82 Å². The molecular formula is C13H16ClFN2O. The van der Waals surface area contributed by atoms with E-state index in [4.69, 9.17) is 11.6 Å². The second-order valence-corrected chi connectivity index (χ2v) is 4.86. The smallest absolute Gasteiger partial charge is 0.237 e. The summed E-state index contributed by atoms with van der Waals surface area (Å²) in [6.07, 6.45) is 2.82. The molecule has 18 heavy (non-hydrogen) atoms. The molecule has 1 amide bonds. The Bertz CT molecular complexity index is 439. The van der Waals surface area contributed by atoms with Gasteiger partial charge in [0, 0.05) is 18.1 Å². The molecule has 3 nitrogen and oxygen atoms in total. The van der Waals surface area contributed by atoms with Gasteiger partial charge in [0.15, 0.2) is 0 Å². The Hall–Kier alpha value is -1.13. The average Bonchev–Trinajstić information content (AvgIpc) is 2.55. The molecule has 2 N–H and O–H groups in total. The van der Waals surface area contributed by atoms with Gasteiger partial charge >= 0.3 is 0 Å². The summed E-state index contributed by atoms with van der Waals surface area (Å²) in [7, 11) is 0. The normalized spacial score (nSPS) is 20.3. The van der Waals surface area contributed by atoms with Crippen molar-refractivity contribution in [1.29, 1.82) is 0 Å². The number of hydrogen-bond donors (Lipinski definition) is 2. The molecule has 0 aliphatic carbocycles. The number of benzene rings is 1. The molecule has 0 aromatic heterocycles. The molecule has 1 aliphatic heterocycles. The van der Waals surface area contributed by atoms with Crippen molar-refractivity contribution in [3.8, 4) is 0 Å². The molecule has 0 spiro atoms. The van der Waals surface area contributed by atoms with Crippen molar-refractivity contribution < 1.29 is 9.18 Å². The van der Waals surface area contributed by atoms with Crippen LogP contribution in [0.25, 0.3) is 0 Å². The maximum Gasteiger partial charge on any atom is 0.237 e. The van der Waals surface area contributed by atoms with Crippen LogP contribution in [0.2, 0.25) is 5.02 Å². The van der Waals surface area contributed by atoms with E-state index in [-0.39, 0.29) is 17.8 Å². The lowest BCUT2D eigenvalue weighted by atomic mass is 10.1. The first kappa shape index (κ1) is 13.3. The topological polar surface area (TPSA) is 41.1 Å². The van der Waals surface area contributed by atoms with Crippen molar-refractivity contribution in [3.05, 3.63) is 34.6 Å². The van der Waals surface area contributed by atoms with E-state index in [1.54, 1.807) is 0 Å². The van der Waals surface area contributed by atoms with Crippen LogP contribution >= 0.6 is 11.6 Å². The Morgan fingerprint density at radius 1 is 1.44 bits per heavy atom. The van der Waals surface area contributed by atoms with E-state index in [1.807, 2.05) is 0 Å². The first-order valence-corrected chi connectivity index (χ1v) is 6.49. The Kier molecular flexibility index (Phi) is 4.55. The molecule has 1 aliphatic rings. The predicted octanol–water partition coefficient (Wildman–Crippen LogP) is 2.24. The minimum atomic E-state index is -0.318. The SMILES string of the molecule is O=C1NCCCCC1NCc1cc(F)ccc1Cl. The monoisotopic (exact) mass is 270 g/mol. The Morgan fingerprint density at radius 3 is 3.11 bits per heavy atom. The summed E-state index contributed by atoms with van der Waals surface area (Å²) >= 11 is 5.98. The van der Waals surface area contributed by atoms with E-state index in [0.717, 1.165) is 25.8 Å².